The quantitative estimate of drug-likeness (QED) is 0.310. The van der Waals surface area contributed by atoms with Gasteiger partial charge in [-0.1, -0.05) is 18.2 Å². The number of benzene rings is 2. The molecular formula is C21H15N5O4. The number of carbonyl (C=O) groups is 2. The number of rotatable bonds is 4. The molecule has 0 aliphatic heterocycles. The molecule has 5 rings (SSSR count). The number of nitrogens with zero attached hydrogens (tertiary/aromatic N) is 2. The number of furan rings is 1. The van der Waals surface area contributed by atoms with Gasteiger partial charge in [-0.2, -0.15) is 5.10 Å². The summed E-state index contributed by atoms with van der Waals surface area (Å²) in [6.45, 7) is 0. The molecule has 0 unspecified atom stereocenters. The summed E-state index contributed by atoms with van der Waals surface area (Å²) in [6.07, 6.45) is 0. The zero-order valence-corrected chi connectivity index (χ0v) is 15.7. The summed E-state index contributed by atoms with van der Waals surface area (Å²) in [5.41, 5.74) is 9.20. The van der Waals surface area contributed by atoms with E-state index in [2.05, 4.69) is 24.9 Å². The monoisotopic (exact) mass is 401 g/mol. The van der Waals surface area contributed by atoms with Crippen LogP contribution in [0.4, 0.5) is 5.69 Å². The van der Waals surface area contributed by atoms with Crippen molar-refractivity contribution in [2.45, 2.75) is 0 Å². The van der Waals surface area contributed by atoms with Crippen molar-refractivity contribution in [2.75, 3.05) is 12.8 Å². The van der Waals surface area contributed by atoms with E-state index in [1.807, 2.05) is 24.3 Å². The number of carbonyl (C=O) groups excluding carboxylic acids is 2. The van der Waals surface area contributed by atoms with E-state index >= 15 is 0 Å². The Labute approximate surface area is 168 Å². The van der Waals surface area contributed by atoms with Crippen LogP contribution in [0.3, 0.4) is 0 Å². The average Bonchev–Trinajstić information content (AvgIpc) is 3.47. The lowest BCUT2D eigenvalue weighted by Crippen LogP contribution is -2.02. The second kappa shape index (κ2) is 6.59. The van der Waals surface area contributed by atoms with Gasteiger partial charge in [0.15, 0.2) is 11.6 Å². The van der Waals surface area contributed by atoms with Crippen molar-refractivity contribution in [2.24, 2.45) is 0 Å². The number of ether oxygens (including phenoxy) is 1. The van der Waals surface area contributed by atoms with Crippen LogP contribution in [0.5, 0.6) is 0 Å². The summed E-state index contributed by atoms with van der Waals surface area (Å²) in [7, 11) is 1.21. The summed E-state index contributed by atoms with van der Waals surface area (Å²) < 4.78 is 9.91. The molecule has 3 aromatic heterocycles. The van der Waals surface area contributed by atoms with Gasteiger partial charge < -0.3 is 19.9 Å². The lowest BCUT2D eigenvalue weighted by molar-refractivity contribution is 0.0565. The lowest BCUT2D eigenvalue weighted by Gasteiger charge is -1.99. The number of methoxy groups -OCH3 is 1. The number of nitrogens with two attached hydrogens (primary N) is 1. The smallest absolute Gasteiger partial charge is 0.376 e. The van der Waals surface area contributed by atoms with E-state index in [1.54, 1.807) is 18.2 Å². The van der Waals surface area contributed by atoms with Gasteiger partial charge >= 0.3 is 5.97 Å². The lowest BCUT2D eigenvalue weighted by atomic mass is 10.1. The number of aromatic nitrogens is 4. The Hall–Kier alpha value is -4.40. The Morgan fingerprint density at radius 3 is 2.73 bits per heavy atom. The molecular weight excluding hydrogens is 386 g/mol. The van der Waals surface area contributed by atoms with Crippen LogP contribution in [0.25, 0.3) is 33.5 Å². The largest absolute Gasteiger partial charge is 0.463 e. The fourth-order valence-corrected chi connectivity index (χ4v) is 3.32. The number of anilines is 1. The molecule has 0 atom stereocenters. The third-order valence-electron chi connectivity index (χ3n) is 4.79. The minimum absolute atomic E-state index is 0.0417. The zero-order valence-electron chi connectivity index (χ0n) is 15.7. The highest BCUT2D eigenvalue weighted by Gasteiger charge is 2.22. The molecule has 2 aromatic carbocycles. The highest BCUT2D eigenvalue weighted by Crippen LogP contribution is 2.28. The molecule has 0 bridgehead atoms. The van der Waals surface area contributed by atoms with Crippen LogP contribution in [0.15, 0.2) is 52.9 Å². The van der Waals surface area contributed by atoms with Gasteiger partial charge in [0.1, 0.15) is 5.69 Å². The first kappa shape index (κ1) is 17.7. The van der Waals surface area contributed by atoms with E-state index in [1.165, 1.54) is 13.2 Å². The van der Waals surface area contributed by atoms with Crippen LogP contribution in [-0.4, -0.2) is 39.0 Å². The third kappa shape index (κ3) is 2.72. The average molecular weight is 401 g/mol. The molecule has 0 radical (unpaired) electrons. The molecule has 0 saturated carbocycles. The van der Waals surface area contributed by atoms with Crippen LogP contribution >= 0.6 is 0 Å². The highest BCUT2D eigenvalue weighted by molar-refractivity contribution is 6.10. The minimum atomic E-state index is -0.744. The molecule has 30 heavy (non-hydrogen) atoms. The first-order valence-electron chi connectivity index (χ1n) is 9.00. The van der Waals surface area contributed by atoms with E-state index < -0.39 is 11.8 Å². The molecule has 0 fully saturated rings. The number of nitrogen functional groups attached to an aromatic ring is 1. The van der Waals surface area contributed by atoms with Crippen molar-refractivity contribution in [3.8, 4) is 11.5 Å². The van der Waals surface area contributed by atoms with Crippen LogP contribution in [-0.2, 0) is 4.74 Å². The molecule has 4 N–H and O–H groups in total. The number of esters is 1. The van der Waals surface area contributed by atoms with Crippen molar-refractivity contribution >= 4 is 39.4 Å². The molecule has 5 aromatic rings. The summed E-state index contributed by atoms with van der Waals surface area (Å²) in [6, 6.07) is 14.1. The predicted octanol–water partition coefficient (Wildman–Crippen LogP) is 3.30. The Bertz CT molecular complexity index is 1410. The number of hydrogen-bond acceptors (Lipinski definition) is 7. The molecule has 0 aliphatic rings. The van der Waals surface area contributed by atoms with Crippen molar-refractivity contribution < 1.29 is 18.7 Å². The standard InChI is InChI=1S/C21H15N5O4/c1-29-21(28)19-12(22)9-16(30-19)18(27)10-6-7-11-15(8-10)25-26-17(11)20-23-13-4-2-3-5-14(13)24-20/h2-9H,22H2,1H3,(H,23,24)(H,25,26). The van der Waals surface area contributed by atoms with Crippen LogP contribution in [0, 0.1) is 0 Å². The van der Waals surface area contributed by atoms with Gasteiger partial charge in [0.25, 0.3) is 0 Å². The maximum absolute atomic E-state index is 12.8. The molecule has 0 amide bonds. The minimum Gasteiger partial charge on any atom is -0.463 e. The molecule has 0 saturated heterocycles. The Kier molecular flexibility index (Phi) is 3.88. The Morgan fingerprint density at radius 2 is 1.93 bits per heavy atom. The van der Waals surface area contributed by atoms with E-state index in [4.69, 9.17) is 10.2 Å². The number of H-pyrrole nitrogens is 2. The van der Waals surface area contributed by atoms with Crippen molar-refractivity contribution in [3.63, 3.8) is 0 Å². The molecule has 9 nitrogen and oxygen atoms in total. The number of imidazole rings is 1. The molecule has 0 aliphatic carbocycles. The number of nitrogens with one attached hydrogen (secondary N) is 2. The number of para-hydroxylation sites is 2. The number of hydrogen-bond donors (Lipinski definition) is 3. The predicted molar refractivity (Wildman–Crippen MR) is 109 cm³/mol. The summed E-state index contributed by atoms with van der Waals surface area (Å²) in [4.78, 5) is 32.3. The van der Waals surface area contributed by atoms with E-state index in [0.717, 1.165) is 16.4 Å². The third-order valence-corrected chi connectivity index (χ3v) is 4.79. The van der Waals surface area contributed by atoms with Crippen molar-refractivity contribution in [3.05, 3.63) is 65.6 Å². The summed E-state index contributed by atoms with van der Waals surface area (Å²) in [5, 5.41) is 8.09. The zero-order chi connectivity index (χ0) is 20.8. The molecule has 3 heterocycles. The fourth-order valence-electron chi connectivity index (χ4n) is 3.32. The van der Waals surface area contributed by atoms with E-state index in [-0.39, 0.29) is 17.2 Å². The van der Waals surface area contributed by atoms with Gasteiger partial charge in [-0.15, -0.1) is 0 Å². The molecule has 9 heteroatoms. The highest BCUT2D eigenvalue weighted by atomic mass is 16.5. The van der Waals surface area contributed by atoms with E-state index in [0.29, 0.717) is 22.6 Å². The van der Waals surface area contributed by atoms with Gasteiger partial charge in [0.05, 0.1) is 29.3 Å². The van der Waals surface area contributed by atoms with Gasteiger partial charge in [0.2, 0.25) is 11.5 Å². The van der Waals surface area contributed by atoms with Gasteiger partial charge in [0, 0.05) is 17.0 Å². The number of aromatic amines is 2. The molecule has 148 valence electrons. The van der Waals surface area contributed by atoms with Gasteiger partial charge in [-0.05, 0) is 24.3 Å². The van der Waals surface area contributed by atoms with Crippen molar-refractivity contribution in [1.82, 2.24) is 20.2 Å². The number of ketones is 1. The second-order valence-electron chi connectivity index (χ2n) is 6.65. The SMILES string of the molecule is COC(=O)c1oc(C(=O)c2ccc3c(-c4nc5ccccc5[nH]4)n[nH]c3c2)cc1N. The van der Waals surface area contributed by atoms with Gasteiger partial charge in [-0.3, -0.25) is 9.89 Å². The van der Waals surface area contributed by atoms with Gasteiger partial charge in [-0.25, -0.2) is 9.78 Å². The maximum Gasteiger partial charge on any atom is 0.376 e. The molecule has 0 spiro atoms. The number of fused-ring (bicyclic) bond motifs is 2. The maximum atomic E-state index is 12.8. The summed E-state index contributed by atoms with van der Waals surface area (Å²) in [5.74, 6) is -0.785. The topological polar surface area (TPSA) is 140 Å². The summed E-state index contributed by atoms with van der Waals surface area (Å²) >= 11 is 0. The first-order chi connectivity index (χ1) is 14.5. The second-order valence-corrected chi connectivity index (χ2v) is 6.65. The Morgan fingerprint density at radius 1 is 1.10 bits per heavy atom. The van der Waals surface area contributed by atoms with E-state index in [9.17, 15) is 9.59 Å². The van der Waals surface area contributed by atoms with Crippen LogP contribution in [0.2, 0.25) is 0 Å². The van der Waals surface area contributed by atoms with Crippen LogP contribution in [0.1, 0.15) is 26.7 Å². The first-order valence-corrected chi connectivity index (χ1v) is 9.00. The van der Waals surface area contributed by atoms with Crippen molar-refractivity contribution in [1.29, 1.82) is 0 Å². The fraction of sp³-hybridized carbons (Fsp3) is 0.0476. The van der Waals surface area contributed by atoms with Crippen LogP contribution < -0.4 is 5.73 Å². The normalized spacial score (nSPS) is 11.2. The Balaban J connectivity index is 1.52.